The predicted octanol–water partition coefficient (Wildman–Crippen LogP) is 1.92. The lowest BCUT2D eigenvalue weighted by Gasteiger charge is -2.30. The molecule has 1 aliphatic rings. The molecule has 0 saturated carbocycles. The highest BCUT2D eigenvalue weighted by Crippen LogP contribution is 2.28. The minimum absolute atomic E-state index is 0.441. The topological polar surface area (TPSA) is 90.7 Å². The molecule has 9 nitrogen and oxygen atoms in total. The molecule has 0 radical (unpaired) electrons. The van der Waals surface area contributed by atoms with Gasteiger partial charge in [0.25, 0.3) is 0 Å². The summed E-state index contributed by atoms with van der Waals surface area (Å²) in [5.74, 6) is 4.86. The first-order chi connectivity index (χ1) is 13.1. The van der Waals surface area contributed by atoms with Crippen molar-refractivity contribution in [3.63, 3.8) is 0 Å². The van der Waals surface area contributed by atoms with Crippen molar-refractivity contribution in [3.05, 3.63) is 41.6 Å². The summed E-state index contributed by atoms with van der Waals surface area (Å²) in [4.78, 5) is 6.66. The summed E-state index contributed by atoms with van der Waals surface area (Å²) >= 11 is 0. The second kappa shape index (κ2) is 7.59. The van der Waals surface area contributed by atoms with E-state index in [4.69, 9.17) is 4.42 Å². The van der Waals surface area contributed by atoms with Crippen molar-refractivity contribution in [1.82, 2.24) is 39.4 Å². The molecule has 0 atom stereocenters. The van der Waals surface area contributed by atoms with Crippen LogP contribution in [0.15, 0.2) is 16.8 Å². The molecular formula is C18H26N8O. The molecule has 4 heterocycles. The molecule has 0 unspecified atom stereocenters. The molecule has 9 heteroatoms. The number of piperidine rings is 1. The number of aryl methyl sites for hydroxylation is 2. The Labute approximate surface area is 158 Å². The third kappa shape index (κ3) is 3.78. The zero-order chi connectivity index (χ0) is 18.8. The molecule has 1 fully saturated rings. The molecule has 1 aliphatic heterocycles. The van der Waals surface area contributed by atoms with Gasteiger partial charge in [-0.1, -0.05) is 0 Å². The minimum atomic E-state index is 0.441. The first-order valence-corrected chi connectivity index (χ1v) is 9.55. The van der Waals surface area contributed by atoms with Crippen LogP contribution in [-0.4, -0.2) is 52.5 Å². The minimum Gasteiger partial charge on any atom is -0.424 e. The van der Waals surface area contributed by atoms with Crippen LogP contribution >= 0.6 is 0 Å². The van der Waals surface area contributed by atoms with E-state index in [-0.39, 0.29) is 0 Å². The van der Waals surface area contributed by atoms with E-state index in [1.807, 2.05) is 26.2 Å². The summed E-state index contributed by atoms with van der Waals surface area (Å²) in [6.45, 7) is 10.3. The third-order valence-electron chi connectivity index (χ3n) is 5.29. The summed E-state index contributed by atoms with van der Waals surface area (Å²) in [5.41, 5.74) is 0. The van der Waals surface area contributed by atoms with E-state index in [1.54, 1.807) is 0 Å². The molecule has 144 valence electrons. The maximum Gasteiger partial charge on any atom is 0.230 e. The average Bonchev–Trinajstić information content (AvgIpc) is 3.37. The van der Waals surface area contributed by atoms with Gasteiger partial charge in [0.1, 0.15) is 11.6 Å². The van der Waals surface area contributed by atoms with Gasteiger partial charge in [0.15, 0.2) is 5.82 Å². The molecule has 0 bridgehead atoms. The van der Waals surface area contributed by atoms with Gasteiger partial charge in [-0.15, -0.1) is 20.4 Å². The molecule has 3 aromatic rings. The van der Waals surface area contributed by atoms with Gasteiger partial charge >= 0.3 is 0 Å². The monoisotopic (exact) mass is 370 g/mol. The average molecular weight is 370 g/mol. The lowest BCUT2D eigenvalue weighted by Crippen LogP contribution is -2.33. The highest BCUT2D eigenvalue weighted by molar-refractivity contribution is 5.06. The lowest BCUT2D eigenvalue weighted by atomic mass is 9.96. The van der Waals surface area contributed by atoms with Gasteiger partial charge in [-0.25, -0.2) is 4.98 Å². The van der Waals surface area contributed by atoms with E-state index in [2.05, 4.69) is 46.3 Å². The van der Waals surface area contributed by atoms with Crippen molar-refractivity contribution in [3.8, 4) is 0 Å². The van der Waals surface area contributed by atoms with Crippen LogP contribution in [0.2, 0.25) is 0 Å². The van der Waals surface area contributed by atoms with Crippen LogP contribution in [0.1, 0.15) is 54.9 Å². The molecule has 0 aromatic carbocycles. The summed E-state index contributed by atoms with van der Waals surface area (Å²) in [6.07, 6.45) is 5.94. The van der Waals surface area contributed by atoms with Gasteiger partial charge in [-0.2, -0.15) is 0 Å². The predicted molar refractivity (Wildman–Crippen MR) is 98.0 cm³/mol. The van der Waals surface area contributed by atoms with E-state index in [1.165, 1.54) is 0 Å². The van der Waals surface area contributed by atoms with Crippen LogP contribution < -0.4 is 0 Å². The summed E-state index contributed by atoms with van der Waals surface area (Å²) in [7, 11) is 0. The van der Waals surface area contributed by atoms with Crippen LogP contribution in [0, 0.1) is 13.8 Å². The fraction of sp³-hybridized carbons (Fsp3) is 0.611. The molecule has 27 heavy (non-hydrogen) atoms. The number of rotatable bonds is 6. The van der Waals surface area contributed by atoms with Crippen molar-refractivity contribution in [2.24, 2.45) is 0 Å². The Bertz CT molecular complexity index is 887. The second-order valence-electron chi connectivity index (χ2n) is 7.09. The quantitative estimate of drug-likeness (QED) is 0.655. The fourth-order valence-electron chi connectivity index (χ4n) is 3.78. The lowest BCUT2D eigenvalue weighted by molar-refractivity contribution is 0.183. The zero-order valence-corrected chi connectivity index (χ0v) is 16.2. The van der Waals surface area contributed by atoms with Crippen LogP contribution in [0.25, 0.3) is 0 Å². The Hall–Kier alpha value is -2.55. The number of nitrogens with zero attached hydrogens (tertiary/aromatic N) is 8. The number of imidazole rings is 1. The highest BCUT2D eigenvalue weighted by Gasteiger charge is 2.26. The Balaban J connectivity index is 1.41. The number of hydrogen-bond acceptors (Lipinski definition) is 7. The van der Waals surface area contributed by atoms with Crippen molar-refractivity contribution >= 4 is 0 Å². The highest BCUT2D eigenvalue weighted by atomic mass is 16.4. The van der Waals surface area contributed by atoms with Gasteiger partial charge in [-0.05, 0) is 39.8 Å². The molecule has 0 amide bonds. The van der Waals surface area contributed by atoms with Crippen LogP contribution in [0.4, 0.5) is 0 Å². The molecule has 0 aliphatic carbocycles. The van der Waals surface area contributed by atoms with Crippen molar-refractivity contribution in [1.29, 1.82) is 0 Å². The smallest absolute Gasteiger partial charge is 0.230 e. The Morgan fingerprint density at radius 1 is 1.07 bits per heavy atom. The maximum absolute atomic E-state index is 5.50. The van der Waals surface area contributed by atoms with Gasteiger partial charge in [-0.3, -0.25) is 4.90 Å². The fourth-order valence-corrected chi connectivity index (χ4v) is 3.78. The van der Waals surface area contributed by atoms with Gasteiger partial charge in [0, 0.05) is 31.8 Å². The van der Waals surface area contributed by atoms with E-state index >= 15 is 0 Å². The summed E-state index contributed by atoms with van der Waals surface area (Å²) < 4.78 is 9.87. The van der Waals surface area contributed by atoms with Crippen LogP contribution in [-0.2, 0) is 19.6 Å². The normalized spacial score (nSPS) is 16.3. The van der Waals surface area contributed by atoms with Crippen LogP contribution in [0.5, 0.6) is 0 Å². The molecule has 1 saturated heterocycles. The number of aromatic nitrogens is 7. The Kier molecular flexibility index (Phi) is 5.02. The molecule has 0 N–H and O–H groups in total. The van der Waals surface area contributed by atoms with Crippen molar-refractivity contribution in [2.75, 3.05) is 13.1 Å². The van der Waals surface area contributed by atoms with Gasteiger partial charge in [0.2, 0.25) is 11.8 Å². The van der Waals surface area contributed by atoms with Crippen LogP contribution in [0.3, 0.4) is 0 Å². The largest absolute Gasteiger partial charge is 0.424 e. The SMILES string of the molecule is CCn1c(Cn2ccnc2C)nnc1C1CCN(Cc2nnc(C)o2)CC1. The van der Waals surface area contributed by atoms with E-state index in [9.17, 15) is 0 Å². The first-order valence-electron chi connectivity index (χ1n) is 9.55. The summed E-state index contributed by atoms with van der Waals surface area (Å²) in [5, 5.41) is 17.0. The maximum atomic E-state index is 5.50. The number of hydrogen-bond donors (Lipinski definition) is 0. The van der Waals surface area contributed by atoms with E-state index in [0.29, 0.717) is 24.2 Å². The van der Waals surface area contributed by atoms with Crippen molar-refractivity contribution < 1.29 is 4.42 Å². The zero-order valence-electron chi connectivity index (χ0n) is 16.2. The Morgan fingerprint density at radius 3 is 2.52 bits per heavy atom. The number of likely N-dealkylation sites (tertiary alicyclic amines) is 1. The third-order valence-corrected chi connectivity index (χ3v) is 5.29. The molecule has 4 rings (SSSR count). The van der Waals surface area contributed by atoms with Gasteiger partial charge in [0.05, 0.1) is 13.1 Å². The summed E-state index contributed by atoms with van der Waals surface area (Å²) in [6, 6.07) is 0. The standard InChI is InChI=1S/C18H26N8O/c1-4-26-16(11-25-10-7-19-13(25)2)21-23-18(26)15-5-8-24(9-6-15)12-17-22-20-14(3)27-17/h7,10,15H,4-6,8-9,11-12H2,1-3H3. The molecule has 3 aromatic heterocycles. The Morgan fingerprint density at radius 2 is 1.89 bits per heavy atom. The molecular weight excluding hydrogens is 344 g/mol. The molecule has 0 spiro atoms. The second-order valence-corrected chi connectivity index (χ2v) is 7.09. The van der Waals surface area contributed by atoms with Crippen molar-refractivity contribution in [2.45, 2.75) is 59.2 Å². The van der Waals surface area contributed by atoms with E-state index < -0.39 is 0 Å². The van der Waals surface area contributed by atoms with E-state index in [0.717, 1.165) is 56.5 Å². The van der Waals surface area contributed by atoms with Gasteiger partial charge < -0.3 is 13.6 Å². The first kappa shape index (κ1) is 17.8.